The van der Waals surface area contributed by atoms with Crippen molar-refractivity contribution in [2.45, 2.75) is 50.7 Å². The summed E-state index contributed by atoms with van der Waals surface area (Å²) in [5.41, 5.74) is 6.00. The van der Waals surface area contributed by atoms with Gasteiger partial charge in [0.2, 0.25) is 18.2 Å². The summed E-state index contributed by atoms with van der Waals surface area (Å²) < 4.78 is 69.5. The van der Waals surface area contributed by atoms with E-state index in [0.29, 0.717) is 26.5 Å². The van der Waals surface area contributed by atoms with Gasteiger partial charge in [-0.15, -0.1) is 0 Å². The Kier molecular flexibility index (Phi) is 11.0. The van der Waals surface area contributed by atoms with Crippen molar-refractivity contribution in [3.8, 4) is 0 Å². The number of hydrogen-bond acceptors (Lipinski definition) is 6. The number of amides is 5. The third kappa shape index (κ3) is 8.42. The number of carbonyl (C=O) groups is 4. The zero-order valence-electron chi connectivity index (χ0n) is 24.7. The van der Waals surface area contributed by atoms with Crippen LogP contribution in [-0.2, 0) is 26.5 Å². The number of alkyl halides is 4. The number of halogens is 5. The molecule has 0 aromatic heterocycles. The number of hydrogen-bond donors (Lipinski definition) is 3. The number of benzene rings is 2. The molecule has 2 aromatic carbocycles. The summed E-state index contributed by atoms with van der Waals surface area (Å²) >= 11 is 0. The van der Waals surface area contributed by atoms with Gasteiger partial charge in [-0.25, -0.2) is 13.6 Å². The summed E-state index contributed by atoms with van der Waals surface area (Å²) in [6, 6.07) is 5.70. The fourth-order valence-electron chi connectivity index (χ4n) is 4.83. The zero-order chi connectivity index (χ0) is 33.5. The number of imide groups is 1. The Bertz CT molecular complexity index is 1480. The fourth-order valence-corrected chi connectivity index (χ4v) is 4.83. The molecule has 10 nitrogen and oxygen atoms in total. The monoisotopic (exact) mass is 636 g/mol. The number of nitrogens with one attached hydrogen (secondary N) is 2. The lowest BCUT2D eigenvalue weighted by molar-refractivity contribution is -0.187. The second-order valence-electron chi connectivity index (χ2n) is 10.6. The smallest absolute Gasteiger partial charge is 0.404 e. The average Bonchev–Trinajstić information content (AvgIpc) is 3.24. The van der Waals surface area contributed by atoms with Crippen LogP contribution in [0.2, 0.25) is 0 Å². The third-order valence-corrected chi connectivity index (χ3v) is 7.43. The molecule has 0 heterocycles. The molecule has 5 amide bonds. The van der Waals surface area contributed by atoms with Crippen molar-refractivity contribution in [2.75, 3.05) is 20.1 Å². The van der Waals surface area contributed by atoms with Crippen LogP contribution in [0.25, 0.3) is 5.57 Å². The van der Waals surface area contributed by atoms with Gasteiger partial charge in [0.1, 0.15) is 31.1 Å². The molecule has 3 rings (SSSR count). The maximum Gasteiger partial charge on any atom is 0.408 e. The van der Waals surface area contributed by atoms with E-state index in [9.17, 15) is 36.7 Å². The maximum absolute atomic E-state index is 15.3. The van der Waals surface area contributed by atoms with Crippen molar-refractivity contribution in [1.29, 1.82) is 0 Å². The molecule has 1 aliphatic rings. The predicted molar refractivity (Wildman–Crippen MR) is 156 cm³/mol. The van der Waals surface area contributed by atoms with Crippen LogP contribution in [0.3, 0.4) is 0 Å². The van der Waals surface area contributed by atoms with Gasteiger partial charge in [0.05, 0.1) is 5.54 Å². The van der Waals surface area contributed by atoms with Gasteiger partial charge in [0.25, 0.3) is 0 Å². The highest BCUT2D eigenvalue weighted by atomic mass is 19.4. The van der Waals surface area contributed by atoms with Gasteiger partial charge >= 0.3 is 12.2 Å². The fraction of sp³-hybridized carbons (Fsp3) is 0.367. The van der Waals surface area contributed by atoms with Crippen LogP contribution >= 0.6 is 0 Å². The molecule has 0 saturated carbocycles. The first-order valence-electron chi connectivity index (χ1n) is 13.7. The van der Waals surface area contributed by atoms with Gasteiger partial charge in [0, 0.05) is 38.0 Å². The number of rotatable bonds is 11. The van der Waals surface area contributed by atoms with Crippen molar-refractivity contribution >= 4 is 36.0 Å². The minimum Gasteiger partial charge on any atom is -0.404 e. The highest BCUT2D eigenvalue weighted by Crippen LogP contribution is 2.46. The van der Waals surface area contributed by atoms with E-state index in [2.05, 4.69) is 15.6 Å². The lowest BCUT2D eigenvalue weighted by Crippen LogP contribution is -2.54. The van der Waals surface area contributed by atoms with Gasteiger partial charge < -0.3 is 21.3 Å². The van der Waals surface area contributed by atoms with Crippen LogP contribution < -0.4 is 16.4 Å². The molecule has 45 heavy (non-hydrogen) atoms. The van der Waals surface area contributed by atoms with E-state index in [0.717, 1.165) is 19.1 Å². The number of aliphatic imine (C=N–C) groups is 1. The second-order valence-corrected chi connectivity index (χ2v) is 10.6. The summed E-state index contributed by atoms with van der Waals surface area (Å²) in [5.74, 6) is -2.15. The molecule has 242 valence electrons. The first kappa shape index (κ1) is 34.7. The van der Waals surface area contributed by atoms with Crippen LogP contribution in [0.4, 0.5) is 26.7 Å². The average molecular weight is 637 g/mol. The quantitative estimate of drug-likeness (QED) is 0.196. The molecule has 4 N–H and O–H groups in total. The van der Waals surface area contributed by atoms with Gasteiger partial charge in [0.15, 0.2) is 0 Å². The van der Waals surface area contributed by atoms with Crippen molar-refractivity contribution in [1.82, 2.24) is 20.4 Å². The third-order valence-electron chi connectivity index (χ3n) is 7.43. The predicted octanol–water partition coefficient (Wildman–Crippen LogP) is 3.72. The van der Waals surface area contributed by atoms with Crippen LogP contribution in [0, 0.1) is 5.82 Å². The van der Waals surface area contributed by atoms with Gasteiger partial charge in [-0.2, -0.15) is 13.2 Å². The van der Waals surface area contributed by atoms with E-state index in [1.54, 1.807) is 12.1 Å². The van der Waals surface area contributed by atoms with Crippen LogP contribution in [0.1, 0.15) is 48.7 Å². The normalized spacial score (nSPS) is 18.7. The lowest BCUT2D eigenvalue weighted by Gasteiger charge is -2.33. The molecule has 1 aliphatic carbocycles. The SMILES string of the molecule is CNC(=O)CN=C/C(=C\N)c1ccc2c(c1)C(F)CC2(C)NC(=O)N(C=O)CC(=O)N(Cc1ccc(F)cc1)C(C)C(F)(F)F. The number of nitrogens with zero attached hydrogens (tertiary/aromatic N) is 3. The standard InChI is InChI=1S/C30H33F5N6O4/c1-18(30(33,34)35)41(15-19-4-7-22(31)8-5-19)27(44)16-40(17-42)28(45)39-29(2)11-25(32)23-10-20(6-9-24(23)29)21(12-36)13-38-14-26(43)37-3/h4-10,12-13,17-18,25H,11,14-16,36H2,1-3H3,(H,37,43)(H,39,45)/b21-12+,38-13?. The molecule has 0 saturated heterocycles. The number of nitrogens with two attached hydrogens (primary N) is 1. The van der Waals surface area contributed by atoms with E-state index in [1.807, 2.05) is 0 Å². The van der Waals surface area contributed by atoms with E-state index >= 15 is 4.39 Å². The summed E-state index contributed by atoms with van der Waals surface area (Å²) in [4.78, 5) is 54.3. The Labute approximate surface area is 256 Å². The molecule has 0 fully saturated rings. The van der Waals surface area contributed by atoms with Crippen LogP contribution in [0.15, 0.2) is 53.7 Å². The Morgan fingerprint density at radius 1 is 1.18 bits per heavy atom. The first-order valence-corrected chi connectivity index (χ1v) is 13.7. The number of allylic oxidation sites excluding steroid dienone is 1. The van der Waals surface area contributed by atoms with E-state index in [1.165, 1.54) is 44.6 Å². The Balaban J connectivity index is 1.80. The maximum atomic E-state index is 15.3. The number of carbonyl (C=O) groups excluding carboxylic acids is 4. The lowest BCUT2D eigenvalue weighted by atomic mass is 9.92. The van der Waals surface area contributed by atoms with Gasteiger partial charge in [-0.05, 0) is 54.3 Å². The Hall–Kier alpha value is -4.82. The van der Waals surface area contributed by atoms with Crippen molar-refractivity contribution in [2.24, 2.45) is 10.7 Å². The molecule has 2 aromatic rings. The molecular weight excluding hydrogens is 603 g/mol. The zero-order valence-corrected chi connectivity index (χ0v) is 24.7. The van der Waals surface area contributed by atoms with E-state index < -0.39 is 54.8 Å². The number of urea groups is 1. The summed E-state index contributed by atoms with van der Waals surface area (Å²) in [6.07, 6.45) is -4.06. The van der Waals surface area contributed by atoms with Crippen LogP contribution in [-0.4, -0.2) is 72.6 Å². The first-order chi connectivity index (χ1) is 21.1. The van der Waals surface area contributed by atoms with Crippen molar-refractivity contribution in [3.05, 3.63) is 76.7 Å². The second kappa shape index (κ2) is 14.3. The molecule has 0 bridgehead atoms. The molecule has 3 unspecified atom stereocenters. The number of likely N-dealkylation sites (N-methyl/N-ethyl adjacent to an activating group) is 1. The highest BCUT2D eigenvalue weighted by molar-refractivity contribution is 6.10. The summed E-state index contributed by atoms with van der Waals surface area (Å²) in [7, 11) is 1.46. The van der Waals surface area contributed by atoms with Crippen molar-refractivity contribution < 1.29 is 41.1 Å². The minimum atomic E-state index is -4.84. The van der Waals surface area contributed by atoms with E-state index in [4.69, 9.17) is 5.73 Å². The minimum absolute atomic E-state index is 0.00667. The molecule has 3 atom stereocenters. The van der Waals surface area contributed by atoms with Crippen LogP contribution in [0.5, 0.6) is 0 Å². The highest BCUT2D eigenvalue weighted by Gasteiger charge is 2.44. The topological polar surface area (TPSA) is 137 Å². The van der Waals surface area contributed by atoms with Gasteiger partial charge in [-0.3, -0.25) is 24.3 Å². The van der Waals surface area contributed by atoms with Gasteiger partial charge in [-0.1, -0.05) is 24.3 Å². The Morgan fingerprint density at radius 2 is 1.84 bits per heavy atom. The Morgan fingerprint density at radius 3 is 2.42 bits per heavy atom. The van der Waals surface area contributed by atoms with Crippen molar-refractivity contribution in [3.63, 3.8) is 0 Å². The summed E-state index contributed by atoms with van der Waals surface area (Å²) in [6.45, 7) is 0.491. The summed E-state index contributed by atoms with van der Waals surface area (Å²) in [5, 5.41) is 4.96. The molecule has 0 aliphatic heterocycles. The largest absolute Gasteiger partial charge is 0.408 e. The van der Waals surface area contributed by atoms with E-state index in [-0.39, 0.29) is 36.4 Å². The molecule has 0 spiro atoms. The number of fused-ring (bicyclic) bond motifs is 1. The molecule has 15 heteroatoms. The molecule has 0 radical (unpaired) electrons. The molecular formula is C30H33F5N6O4.